The molecule has 100 valence electrons. The molecule has 0 saturated carbocycles. The first kappa shape index (κ1) is 14.7. The van der Waals surface area contributed by atoms with E-state index >= 15 is 0 Å². The summed E-state index contributed by atoms with van der Waals surface area (Å²) in [5.41, 5.74) is 7.25. The molecule has 0 aromatic heterocycles. The van der Waals surface area contributed by atoms with Gasteiger partial charge in [0.25, 0.3) is 5.91 Å². The number of amides is 1. The monoisotopic (exact) mass is 250 g/mol. The van der Waals surface area contributed by atoms with Crippen LogP contribution in [-0.2, 0) is 11.2 Å². The van der Waals surface area contributed by atoms with Crippen LogP contribution in [0.1, 0.15) is 29.3 Å². The largest absolute Gasteiger partial charge is 0.383 e. The summed E-state index contributed by atoms with van der Waals surface area (Å²) in [5.74, 6) is -0.0528. The fourth-order valence-electron chi connectivity index (χ4n) is 1.84. The number of nitrogens with two attached hydrogens (primary N) is 1. The Morgan fingerprint density at radius 3 is 2.78 bits per heavy atom. The van der Waals surface area contributed by atoms with Crippen molar-refractivity contribution in [2.45, 2.75) is 25.8 Å². The highest BCUT2D eigenvalue weighted by molar-refractivity contribution is 5.95. The SMILES string of the molecule is CCC(COC)NC(=O)c1ccccc1CCN. The van der Waals surface area contributed by atoms with Gasteiger partial charge in [-0.15, -0.1) is 0 Å². The molecule has 0 spiro atoms. The molecule has 0 aliphatic rings. The molecule has 4 nitrogen and oxygen atoms in total. The van der Waals surface area contributed by atoms with Crippen LogP contribution < -0.4 is 11.1 Å². The van der Waals surface area contributed by atoms with Gasteiger partial charge in [-0.05, 0) is 31.0 Å². The second kappa shape index (κ2) is 7.84. The van der Waals surface area contributed by atoms with E-state index < -0.39 is 0 Å². The van der Waals surface area contributed by atoms with Gasteiger partial charge in [0.15, 0.2) is 0 Å². The number of hydrogen-bond donors (Lipinski definition) is 2. The van der Waals surface area contributed by atoms with Crippen LogP contribution in [0.25, 0.3) is 0 Å². The van der Waals surface area contributed by atoms with Gasteiger partial charge < -0.3 is 15.8 Å². The van der Waals surface area contributed by atoms with Gasteiger partial charge in [-0.3, -0.25) is 4.79 Å². The number of nitrogens with one attached hydrogen (secondary N) is 1. The van der Waals surface area contributed by atoms with Crippen molar-refractivity contribution in [3.63, 3.8) is 0 Å². The van der Waals surface area contributed by atoms with E-state index in [0.29, 0.717) is 25.1 Å². The Morgan fingerprint density at radius 2 is 2.17 bits per heavy atom. The van der Waals surface area contributed by atoms with Crippen LogP contribution in [0.2, 0.25) is 0 Å². The van der Waals surface area contributed by atoms with Crippen molar-refractivity contribution in [1.82, 2.24) is 5.32 Å². The lowest BCUT2D eigenvalue weighted by molar-refractivity contribution is 0.0893. The summed E-state index contributed by atoms with van der Waals surface area (Å²) in [7, 11) is 1.64. The molecule has 0 bridgehead atoms. The van der Waals surface area contributed by atoms with Crippen LogP contribution in [0.5, 0.6) is 0 Å². The molecule has 0 fully saturated rings. The molecule has 1 atom stereocenters. The molecule has 0 aliphatic carbocycles. The van der Waals surface area contributed by atoms with Crippen molar-refractivity contribution in [1.29, 1.82) is 0 Å². The molecule has 0 heterocycles. The maximum atomic E-state index is 12.2. The van der Waals surface area contributed by atoms with Gasteiger partial charge in [-0.1, -0.05) is 25.1 Å². The Morgan fingerprint density at radius 1 is 1.44 bits per heavy atom. The van der Waals surface area contributed by atoms with Crippen molar-refractivity contribution < 1.29 is 9.53 Å². The van der Waals surface area contributed by atoms with Gasteiger partial charge >= 0.3 is 0 Å². The molecule has 0 saturated heterocycles. The van der Waals surface area contributed by atoms with Crippen LogP contribution in [0.15, 0.2) is 24.3 Å². The lowest BCUT2D eigenvalue weighted by Crippen LogP contribution is -2.38. The normalized spacial score (nSPS) is 12.2. The molecule has 0 radical (unpaired) electrons. The molecule has 0 aliphatic heterocycles. The highest BCUT2D eigenvalue weighted by atomic mass is 16.5. The Labute approximate surface area is 109 Å². The minimum absolute atomic E-state index is 0.0495. The summed E-state index contributed by atoms with van der Waals surface area (Å²) in [6.07, 6.45) is 1.56. The van der Waals surface area contributed by atoms with E-state index in [9.17, 15) is 4.79 Å². The highest BCUT2D eigenvalue weighted by Crippen LogP contribution is 2.09. The van der Waals surface area contributed by atoms with Crippen LogP contribution in [-0.4, -0.2) is 32.2 Å². The summed E-state index contributed by atoms with van der Waals surface area (Å²) in [4.78, 5) is 12.2. The quantitative estimate of drug-likeness (QED) is 0.767. The summed E-state index contributed by atoms with van der Waals surface area (Å²) < 4.78 is 5.07. The predicted octanol–water partition coefficient (Wildman–Crippen LogP) is 1.34. The lowest BCUT2D eigenvalue weighted by Gasteiger charge is -2.17. The molecule has 4 heteroatoms. The van der Waals surface area contributed by atoms with E-state index in [2.05, 4.69) is 5.32 Å². The molecular weight excluding hydrogens is 228 g/mol. The number of ether oxygens (including phenoxy) is 1. The minimum Gasteiger partial charge on any atom is -0.383 e. The van der Waals surface area contributed by atoms with E-state index in [1.54, 1.807) is 7.11 Å². The number of benzene rings is 1. The summed E-state index contributed by atoms with van der Waals surface area (Å²) in [5, 5.41) is 2.98. The third-order valence-corrected chi connectivity index (χ3v) is 2.87. The van der Waals surface area contributed by atoms with Gasteiger partial charge in [-0.2, -0.15) is 0 Å². The van der Waals surface area contributed by atoms with Crippen LogP contribution in [0.3, 0.4) is 0 Å². The first-order chi connectivity index (χ1) is 8.72. The van der Waals surface area contributed by atoms with Gasteiger partial charge in [0.05, 0.1) is 12.6 Å². The summed E-state index contributed by atoms with van der Waals surface area (Å²) in [6.45, 7) is 3.09. The van der Waals surface area contributed by atoms with E-state index in [4.69, 9.17) is 10.5 Å². The predicted molar refractivity (Wildman–Crippen MR) is 72.6 cm³/mol. The van der Waals surface area contributed by atoms with Crippen LogP contribution in [0.4, 0.5) is 0 Å². The molecule has 1 rings (SSSR count). The van der Waals surface area contributed by atoms with Crippen molar-refractivity contribution in [2.24, 2.45) is 5.73 Å². The smallest absolute Gasteiger partial charge is 0.251 e. The first-order valence-electron chi connectivity index (χ1n) is 6.30. The molecule has 1 aromatic rings. The standard InChI is InChI=1S/C14H22N2O2/c1-3-12(10-18-2)16-14(17)13-7-5-4-6-11(13)8-9-15/h4-7,12H,3,8-10,15H2,1-2H3,(H,16,17). The molecule has 3 N–H and O–H groups in total. The number of hydrogen-bond acceptors (Lipinski definition) is 3. The minimum atomic E-state index is -0.0528. The van der Waals surface area contributed by atoms with Crippen molar-refractivity contribution in [3.8, 4) is 0 Å². The lowest BCUT2D eigenvalue weighted by atomic mass is 10.0. The summed E-state index contributed by atoms with van der Waals surface area (Å²) >= 11 is 0. The average molecular weight is 250 g/mol. The third-order valence-electron chi connectivity index (χ3n) is 2.87. The van der Waals surface area contributed by atoms with E-state index in [0.717, 1.165) is 12.0 Å². The van der Waals surface area contributed by atoms with Crippen LogP contribution in [0, 0.1) is 0 Å². The number of methoxy groups -OCH3 is 1. The Bertz CT molecular complexity index is 380. The average Bonchev–Trinajstić information content (AvgIpc) is 2.39. The summed E-state index contributed by atoms with van der Waals surface area (Å²) in [6, 6.07) is 7.62. The topological polar surface area (TPSA) is 64.3 Å². The van der Waals surface area contributed by atoms with Crippen LogP contribution >= 0.6 is 0 Å². The van der Waals surface area contributed by atoms with Gasteiger partial charge in [0.2, 0.25) is 0 Å². The number of carbonyl (C=O) groups is 1. The maximum absolute atomic E-state index is 12.2. The Kier molecular flexibility index (Phi) is 6.39. The molecule has 1 amide bonds. The van der Waals surface area contributed by atoms with Gasteiger partial charge in [0, 0.05) is 12.7 Å². The van der Waals surface area contributed by atoms with Gasteiger partial charge in [-0.25, -0.2) is 0 Å². The molecular formula is C14H22N2O2. The number of carbonyl (C=O) groups excluding carboxylic acids is 1. The fraction of sp³-hybridized carbons (Fsp3) is 0.500. The van der Waals surface area contributed by atoms with Crippen molar-refractivity contribution >= 4 is 5.91 Å². The Hall–Kier alpha value is -1.39. The van der Waals surface area contributed by atoms with Crippen molar-refractivity contribution in [3.05, 3.63) is 35.4 Å². The second-order valence-corrected chi connectivity index (χ2v) is 4.23. The third kappa shape index (κ3) is 4.13. The Balaban J connectivity index is 2.76. The zero-order chi connectivity index (χ0) is 13.4. The zero-order valence-corrected chi connectivity index (χ0v) is 11.1. The molecule has 18 heavy (non-hydrogen) atoms. The molecule has 1 aromatic carbocycles. The highest BCUT2D eigenvalue weighted by Gasteiger charge is 2.14. The zero-order valence-electron chi connectivity index (χ0n) is 11.1. The van der Waals surface area contributed by atoms with E-state index in [1.807, 2.05) is 31.2 Å². The maximum Gasteiger partial charge on any atom is 0.251 e. The van der Waals surface area contributed by atoms with E-state index in [-0.39, 0.29) is 11.9 Å². The van der Waals surface area contributed by atoms with Crippen molar-refractivity contribution in [2.75, 3.05) is 20.3 Å². The second-order valence-electron chi connectivity index (χ2n) is 4.23. The molecule has 1 unspecified atom stereocenters. The van der Waals surface area contributed by atoms with E-state index in [1.165, 1.54) is 0 Å². The van der Waals surface area contributed by atoms with Gasteiger partial charge in [0.1, 0.15) is 0 Å². The fourth-order valence-corrected chi connectivity index (χ4v) is 1.84. The number of rotatable bonds is 7. The first-order valence-corrected chi connectivity index (χ1v) is 6.30.